The standard InChI is InChI=1S/C11H20N2O2/c1-2-11(9-15-4-1)8-12-6-10-7-14-5-3-13(10)11/h10,12H,1-9H2. The Morgan fingerprint density at radius 3 is 3.13 bits per heavy atom. The van der Waals surface area contributed by atoms with Gasteiger partial charge in [0, 0.05) is 32.3 Å². The fourth-order valence-corrected chi connectivity index (χ4v) is 3.22. The SMILES string of the molecule is C1COCC2(C1)CNCC1COCCN12. The van der Waals surface area contributed by atoms with Gasteiger partial charge in [-0.2, -0.15) is 0 Å². The summed E-state index contributed by atoms with van der Waals surface area (Å²) in [7, 11) is 0. The lowest BCUT2D eigenvalue weighted by molar-refractivity contribution is -0.127. The Bertz CT molecular complexity index is 221. The molecule has 0 bridgehead atoms. The number of hydrogen-bond acceptors (Lipinski definition) is 4. The number of ether oxygens (including phenoxy) is 2. The molecule has 0 aromatic carbocycles. The summed E-state index contributed by atoms with van der Waals surface area (Å²) in [5, 5.41) is 3.54. The van der Waals surface area contributed by atoms with Crippen molar-refractivity contribution in [1.29, 1.82) is 0 Å². The number of fused-ring (bicyclic) bond motifs is 2. The van der Waals surface area contributed by atoms with E-state index < -0.39 is 0 Å². The Hall–Kier alpha value is -0.160. The molecule has 4 heteroatoms. The van der Waals surface area contributed by atoms with Gasteiger partial charge in [-0.15, -0.1) is 0 Å². The first-order chi connectivity index (χ1) is 7.41. The third-order valence-electron chi connectivity index (χ3n) is 3.97. The van der Waals surface area contributed by atoms with Crippen LogP contribution in [0.5, 0.6) is 0 Å². The van der Waals surface area contributed by atoms with E-state index in [1.165, 1.54) is 12.8 Å². The molecule has 0 radical (unpaired) electrons. The summed E-state index contributed by atoms with van der Waals surface area (Å²) < 4.78 is 11.2. The van der Waals surface area contributed by atoms with Crippen LogP contribution in [0.4, 0.5) is 0 Å². The summed E-state index contributed by atoms with van der Waals surface area (Å²) in [6.45, 7) is 6.85. The molecule has 2 atom stereocenters. The molecular formula is C11H20N2O2. The molecule has 0 aromatic rings. The van der Waals surface area contributed by atoms with Gasteiger partial charge in [0.1, 0.15) is 0 Å². The molecule has 3 heterocycles. The van der Waals surface area contributed by atoms with Crippen molar-refractivity contribution in [3.8, 4) is 0 Å². The van der Waals surface area contributed by atoms with Crippen molar-refractivity contribution in [3.05, 3.63) is 0 Å². The first-order valence-corrected chi connectivity index (χ1v) is 6.04. The first kappa shape index (κ1) is 10.0. The molecular weight excluding hydrogens is 192 g/mol. The molecule has 2 unspecified atom stereocenters. The highest BCUT2D eigenvalue weighted by Gasteiger charge is 2.45. The Morgan fingerprint density at radius 2 is 2.27 bits per heavy atom. The van der Waals surface area contributed by atoms with Crippen molar-refractivity contribution >= 4 is 0 Å². The van der Waals surface area contributed by atoms with Crippen LogP contribution in [0.25, 0.3) is 0 Å². The van der Waals surface area contributed by atoms with Crippen molar-refractivity contribution in [3.63, 3.8) is 0 Å². The van der Waals surface area contributed by atoms with Crippen molar-refractivity contribution in [2.45, 2.75) is 24.4 Å². The van der Waals surface area contributed by atoms with Crippen molar-refractivity contribution in [2.24, 2.45) is 0 Å². The lowest BCUT2D eigenvalue weighted by Gasteiger charge is -2.54. The molecule has 0 aromatic heterocycles. The maximum atomic E-state index is 5.69. The minimum Gasteiger partial charge on any atom is -0.379 e. The van der Waals surface area contributed by atoms with Crippen LogP contribution in [0.3, 0.4) is 0 Å². The quantitative estimate of drug-likeness (QED) is 0.605. The van der Waals surface area contributed by atoms with Gasteiger partial charge in [-0.05, 0) is 12.8 Å². The van der Waals surface area contributed by atoms with Crippen LogP contribution in [-0.4, -0.2) is 62.5 Å². The summed E-state index contributed by atoms with van der Waals surface area (Å²) >= 11 is 0. The molecule has 86 valence electrons. The number of hydrogen-bond donors (Lipinski definition) is 1. The number of rotatable bonds is 0. The van der Waals surface area contributed by atoms with E-state index in [2.05, 4.69) is 10.2 Å². The Morgan fingerprint density at radius 1 is 1.27 bits per heavy atom. The second kappa shape index (κ2) is 4.01. The third kappa shape index (κ3) is 1.69. The van der Waals surface area contributed by atoms with Crippen LogP contribution >= 0.6 is 0 Å². The summed E-state index contributed by atoms with van der Waals surface area (Å²) in [6.07, 6.45) is 2.47. The van der Waals surface area contributed by atoms with Gasteiger partial charge in [0.15, 0.2) is 0 Å². The highest BCUT2D eigenvalue weighted by Crippen LogP contribution is 2.31. The second-order valence-corrected chi connectivity index (χ2v) is 4.93. The summed E-state index contributed by atoms with van der Waals surface area (Å²) in [5.74, 6) is 0. The average molecular weight is 212 g/mol. The molecule has 3 fully saturated rings. The number of piperazine rings is 1. The van der Waals surface area contributed by atoms with Gasteiger partial charge in [0.2, 0.25) is 0 Å². The fraction of sp³-hybridized carbons (Fsp3) is 1.00. The predicted octanol–water partition coefficient (Wildman–Crippen LogP) is -0.160. The molecule has 4 nitrogen and oxygen atoms in total. The van der Waals surface area contributed by atoms with Crippen LogP contribution < -0.4 is 5.32 Å². The fourth-order valence-electron chi connectivity index (χ4n) is 3.22. The van der Waals surface area contributed by atoms with Gasteiger partial charge in [0.05, 0.1) is 25.4 Å². The topological polar surface area (TPSA) is 33.7 Å². The van der Waals surface area contributed by atoms with Crippen molar-refractivity contribution in [1.82, 2.24) is 10.2 Å². The van der Waals surface area contributed by atoms with Gasteiger partial charge in [-0.25, -0.2) is 0 Å². The van der Waals surface area contributed by atoms with Gasteiger partial charge >= 0.3 is 0 Å². The molecule has 0 aliphatic carbocycles. The molecule has 3 rings (SSSR count). The predicted molar refractivity (Wildman–Crippen MR) is 57.0 cm³/mol. The molecule has 3 aliphatic heterocycles. The van der Waals surface area contributed by atoms with E-state index in [-0.39, 0.29) is 5.54 Å². The van der Waals surface area contributed by atoms with Crippen molar-refractivity contribution in [2.75, 3.05) is 46.1 Å². The number of morpholine rings is 1. The molecule has 3 aliphatic rings. The molecule has 0 saturated carbocycles. The van der Waals surface area contributed by atoms with Crippen LogP contribution in [0.15, 0.2) is 0 Å². The minimum atomic E-state index is 0.269. The first-order valence-electron chi connectivity index (χ1n) is 6.04. The van der Waals surface area contributed by atoms with E-state index in [4.69, 9.17) is 9.47 Å². The van der Waals surface area contributed by atoms with Gasteiger partial charge in [-0.3, -0.25) is 4.90 Å². The van der Waals surface area contributed by atoms with E-state index in [0.717, 1.165) is 46.1 Å². The highest BCUT2D eigenvalue weighted by molar-refractivity contribution is 5.02. The largest absolute Gasteiger partial charge is 0.379 e. The number of nitrogens with one attached hydrogen (secondary N) is 1. The zero-order chi connectivity index (χ0) is 10.1. The lowest BCUT2D eigenvalue weighted by Crippen LogP contribution is -2.71. The zero-order valence-corrected chi connectivity index (χ0v) is 9.21. The smallest absolute Gasteiger partial charge is 0.0663 e. The summed E-state index contributed by atoms with van der Waals surface area (Å²) in [6, 6.07) is 0.564. The van der Waals surface area contributed by atoms with E-state index >= 15 is 0 Å². The van der Waals surface area contributed by atoms with Gasteiger partial charge in [0.25, 0.3) is 0 Å². The van der Waals surface area contributed by atoms with Crippen LogP contribution in [0, 0.1) is 0 Å². The Balaban J connectivity index is 1.79. The summed E-state index contributed by atoms with van der Waals surface area (Å²) in [5.41, 5.74) is 0.269. The van der Waals surface area contributed by atoms with E-state index in [1.807, 2.05) is 0 Å². The maximum Gasteiger partial charge on any atom is 0.0663 e. The molecule has 1 spiro atoms. The normalized spacial score (nSPS) is 42.8. The van der Waals surface area contributed by atoms with E-state index in [1.54, 1.807) is 0 Å². The second-order valence-electron chi connectivity index (χ2n) is 4.93. The van der Waals surface area contributed by atoms with E-state index in [9.17, 15) is 0 Å². The molecule has 15 heavy (non-hydrogen) atoms. The number of nitrogens with zero attached hydrogens (tertiary/aromatic N) is 1. The van der Waals surface area contributed by atoms with Gasteiger partial charge in [-0.1, -0.05) is 0 Å². The van der Waals surface area contributed by atoms with E-state index in [0.29, 0.717) is 6.04 Å². The Kier molecular flexibility index (Phi) is 2.68. The average Bonchev–Trinajstić information content (AvgIpc) is 2.31. The Labute approximate surface area is 90.9 Å². The lowest BCUT2D eigenvalue weighted by atomic mass is 9.86. The molecule has 3 saturated heterocycles. The zero-order valence-electron chi connectivity index (χ0n) is 9.21. The van der Waals surface area contributed by atoms with Gasteiger partial charge < -0.3 is 14.8 Å². The van der Waals surface area contributed by atoms with Crippen molar-refractivity contribution < 1.29 is 9.47 Å². The van der Waals surface area contributed by atoms with Crippen LogP contribution in [-0.2, 0) is 9.47 Å². The van der Waals surface area contributed by atoms with Crippen LogP contribution in [0.1, 0.15) is 12.8 Å². The maximum absolute atomic E-state index is 5.69. The monoisotopic (exact) mass is 212 g/mol. The molecule has 0 amide bonds. The van der Waals surface area contributed by atoms with Crippen LogP contribution in [0.2, 0.25) is 0 Å². The minimum absolute atomic E-state index is 0.269. The third-order valence-corrected chi connectivity index (χ3v) is 3.97. The summed E-state index contributed by atoms with van der Waals surface area (Å²) in [4.78, 5) is 2.64. The highest BCUT2D eigenvalue weighted by atomic mass is 16.5. The molecule has 1 N–H and O–H groups in total.